The van der Waals surface area contributed by atoms with Crippen LogP contribution >= 0.6 is 11.6 Å². The number of nitrogens with two attached hydrogens (primary N) is 1. The lowest BCUT2D eigenvalue weighted by molar-refractivity contribution is 0.781. The van der Waals surface area contributed by atoms with E-state index in [1.54, 1.807) is 12.1 Å². The summed E-state index contributed by atoms with van der Waals surface area (Å²) in [6.07, 6.45) is 0.432. The molecule has 0 bridgehead atoms. The standard InChI is InChI=1S/C15H16ClN5/c16-13-7-8-15(20-18)19-14(13)11-21(10-4-9-17)12-5-2-1-3-6-12/h1-3,5-8H,4,10-11,18H2,(H,19,20). The zero-order chi connectivity index (χ0) is 15.1. The number of rotatable bonds is 6. The molecule has 0 spiro atoms. The summed E-state index contributed by atoms with van der Waals surface area (Å²) >= 11 is 6.20. The minimum atomic E-state index is 0.432. The van der Waals surface area contributed by atoms with Gasteiger partial charge < -0.3 is 10.3 Å². The van der Waals surface area contributed by atoms with Gasteiger partial charge in [-0.25, -0.2) is 10.8 Å². The first-order valence-electron chi connectivity index (χ1n) is 6.53. The van der Waals surface area contributed by atoms with Crippen molar-refractivity contribution in [1.82, 2.24) is 4.98 Å². The molecule has 0 saturated heterocycles. The molecule has 6 heteroatoms. The Morgan fingerprint density at radius 3 is 2.67 bits per heavy atom. The van der Waals surface area contributed by atoms with E-state index in [1.165, 1.54) is 0 Å². The number of aromatic nitrogens is 1. The number of nitriles is 1. The minimum Gasteiger partial charge on any atom is -0.365 e. The first kappa shape index (κ1) is 15.1. The quantitative estimate of drug-likeness (QED) is 0.633. The lowest BCUT2D eigenvalue weighted by atomic mass is 10.2. The Hall–Kier alpha value is -2.29. The summed E-state index contributed by atoms with van der Waals surface area (Å²) in [6, 6.07) is 15.5. The van der Waals surface area contributed by atoms with Gasteiger partial charge in [0.15, 0.2) is 0 Å². The molecule has 21 heavy (non-hydrogen) atoms. The number of nitrogens with one attached hydrogen (secondary N) is 1. The van der Waals surface area contributed by atoms with E-state index in [-0.39, 0.29) is 0 Å². The topological polar surface area (TPSA) is 78.0 Å². The van der Waals surface area contributed by atoms with Crippen LogP contribution in [0.5, 0.6) is 0 Å². The molecule has 0 aliphatic carbocycles. The number of nitrogen functional groups attached to an aromatic ring is 1. The van der Waals surface area contributed by atoms with Crippen molar-refractivity contribution in [2.45, 2.75) is 13.0 Å². The van der Waals surface area contributed by atoms with Crippen molar-refractivity contribution in [1.29, 1.82) is 5.26 Å². The summed E-state index contributed by atoms with van der Waals surface area (Å²) < 4.78 is 0. The fourth-order valence-electron chi connectivity index (χ4n) is 1.98. The Morgan fingerprint density at radius 2 is 2.00 bits per heavy atom. The molecule has 2 rings (SSSR count). The molecule has 1 aromatic carbocycles. The van der Waals surface area contributed by atoms with Crippen LogP contribution in [0.2, 0.25) is 5.02 Å². The smallest absolute Gasteiger partial charge is 0.140 e. The second-order valence-corrected chi connectivity index (χ2v) is 4.84. The number of halogens is 1. The molecule has 0 saturated carbocycles. The molecule has 5 nitrogen and oxygen atoms in total. The molecule has 3 N–H and O–H groups in total. The van der Waals surface area contributed by atoms with E-state index in [4.69, 9.17) is 22.7 Å². The third kappa shape index (κ3) is 4.09. The second-order valence-electron chi connectivity index (χ2n) is 4.43. The molecule has 0 fully saturated rings. The number of hydrazine groups is 1. The largest absolute Gasteiger partial charge is 0.365 e. The van der Waals surface area contributed by atoms with E-state index in [0.717, 1.165) is 5.69 Å². The molecule has 0 aliphatic rings. The van der Waals surface area contributed by atoms with Crippen LogP contribution in [0.3, 0.4) is 0 Å². The monoisotopic (exact) mass is 301 g/mol. The van der Waals surface area contributed by atoms with Crippen LogP contribution in [0, 0.1) is 11.3 Å². The predicted molar refractivity (Wildman–Crippen MR) is 84.8 cm³/mol. The first-order valence-corrected chi connectivity index (χ1v) is 6.91. The van der Waals surface area contributed by atoms with Crippen LogP contribution in [0.1, 0.15) is 12.1 Å². The highest BCUT2D eigenvalue weighted by molar-refractivity contribution is 6.31. The van der Waals surface area contributed by atoms with Crippen molar-refractivity contribution >= 4 is 23.1 Å². The summed E-state index contributed by atoms with van der Waals surface area (Å²) in [5.74, 6) is 5.94. The molecule has 108 valence electrons. The van der Waals surface area contributed by atoms with Crippen molar-refractivity contribution in [3.63, 3.8) is 0 Å². The van der Waals surface area contributed by atoms with E-state index in [0.29, 0.717) is 36.0 Å². The fraction of sp³-hybridized carbons (Fsp3) is 0.200. The molecule has 2 aromatic rings. The maximum absolute atomic E-state index is 8.82. The van der Waals surface area contributed by atoms with Gasteiger partial charge in [-0.15, -0.1) is 0 Å². The minimum absolute atomic E-state index is 0.432. The van der Waals surface area contributed by atoms with Crippen LogP contribution in [-0.4, -0.2) is 11.5 Å². The highest BCUT2D eigenvalue weighted by atomic mass is 35.5. The van der Waals surface area contributed by atoms with Crippen LogP contribution in [0.15, 0.2) is 42.5 Å². The van der Waals surface area contributed by atoms with Crippen LogP contribution in [-0.2, 0) is 6.54 Å². The van der Waals surface area contributed by atoms with E-state index in [1.807, 2.05) is 30.3 Å². The van der Waals surface area contributed by atoms with Gasteiger partial charge in [-0.3, -0.25) is 0 Å². The Morgan fingerprint density at radius 1 is 1.24 bits per heavy atom. The Bertz CT molecular complexity index is 624. The molecule has 0 aliphatic heterocycles. The number of hydrogen-bond acceptors (Lipinski definition) is 5. The first-order chi connectivity index (χ1) is 10.2. The normalized spacial score (nSPS) is 9.95. The van der Waals surface area contributed by atoms with Crippen molar-refractivity contribution < 1.29 is 0 Å². The zero-order valence-corrected chi connectivity index (χ0v) is 12.2. The SMILES string of the molecule is N#CCCN(Cc1nc(NN)ccc1Cl)c1ccccc1. The van der Waals surface area contributed by atoms with Crippen LogP contribution < -0.4 is 16.2 Å². The van der Waals surface area contributed by atoms with E-state index in [9.17, 15) is 0 Å². The lowest BCUT2D eigenvalue weighted by Gasteiger charge is -2.24. The zero-order valence-electron chi connectivity index (χ0n) is 11.5. The summed E-state index contributed by atoms with van der Waals surface area (Å²) in [6.45, 7) is 1.12. The van der Waals surface area contributed by atoms with Crippen LogP contribution in [0.4, 0.5) is 11.5 Å². The number of benzene rings is 1. The molecule has 0 atom stereocenters. The highest BCUT2D eigenvalue weighted by Gasteiger charge is 2.11. The maximum atomic E-state index is 8.82. The third-order valence-corrected chi connectivity index (χ3v) is 3.37. The summed E-state index contributed by atoms with van der Waals surface area (Å²) in [5.41, 5.74) is 4.25. The van der Waals surface area contributed by atoms with Crippen LogP contribution in [0.25, 0.3) is 0 Å². The van der Waals surface area contributed by atoms with Gasteiger partial charge in [0.05, 0.1) is 29.8 Å². The average molecular weight is 302 g/mol. The average Bonchev–Trinajstić information content (AvgIpc) is 2.54. The van der Waals surface area contributed by atoms with Gasteiger partial charge in [0.1, 0.15) is 5.82 Å². The number of para-hydroxylation sites is 1. The third-order valence-electron chi connectivity index (χ3n) is 3.02. The van der Waals surface area contributed by atoms with Crippen molar-refractivity contribution in [2.75, 3.05) is 16.9 Å². The molecular formula is C15H16ClN5. The van der Waals surface area contributed by atoms with E-state index >= 15 is 0 Å². The number of pyridine rings is 1. The Labute approximate surface area is 128 Å². The molecule has 1 aromatic heterocycles. The van der Waals surface area contributed by atoms with Gasteiger partial charge in [-0.2, -0.15) is 5.26 Å². The number of hydrogen-bond donors (Lipinski definition) is 2. The maximum Gasteiger partial charge on any atom is 0.140 e. The molecule has 0 unspecified atom stereocenters. The molecular weight excluding hydrogens is 286 g/mol. The van der Waals surface area contributed by atoms with E-state index < -0.39 is 0 Å². The summed E-state index contributed by atoms with van der Waals surface area (Å²) in [5, 5.41) is 9.40. The van der Waals surface area contributed by atoms with Crippen molar-refractivity contribution in [3.8, 4) is 6.07 Å². The molecule has 1 heterocycles. The van der Waals surface area contributed by atoms with Crippen molar-refractivity contribution in [3.05, 3.63) is 53.2 Å². The van der Waals surface area contributed by atoms with E-state index in [2.05, 4.69) is 21.4 Å². The lowest BCUT2D eigenvalue weighted by Crippen LogP contribution is -2.24. The van der Waals surface area contributed by atoms with Gasteiger partial charge in [0.25, 0.3) is 0 Å². The Kier molecular flexibility index (Phi) is 5.38. The highest BCUT2D eigenvalue weighted by Crippen LogP contribution is 2.22. The molecule has 0 amide bonds. The fourth-order valence-corrected chi connectivity index (χ4v) is 2.14. The second kappa shape index (κ2) is 7.48. The van der Waals surface area contributed by atoms with Gasteiger partial charge in [0, 0.05) is 12.2 Å². The van der Waals surface area contributed by atoms with Gasteiger partial charge in [-0.1, -0.05) is 29.8 Å². The van der Waals surface area contributed by atoms with Crippen molar-refractivity contribution in [2.24, 2.45) is 5.84 Å². The van der Waals surface area contributed by atoms with Gasteiger partial charge >= 0.3 is 0 Å². The number of anilines is 2. The molecule has 0 radical (unpaired) electrons. The summed E-state index contributed by atoms with van der Waals surface area (Å²) in [7, 11) is 0. The predicted octanol–water partition coefficient (Wildman–Crippen LogP) is 2.94. The van der Waals surface area contributed by atoms with Gasteiger partial charge in [-0.05, 0) is 24.3 Å². The Balaban J connectivity index is 2.25. The number of nitrogens with zero attached hydrogens (tertiary/aromatic N) is 3. The summed E-state index contributed by atoms with van der Waals surface area (Å²) in [4.78, 5) is 6.44. The van der Waals surface area contributed by atoms with Gasteiger partial charge in [0.2, 0.25) is 0 Å².